The normalized spacial score (nSPS) is 11.9. The van der Waals surface area contributed by atoms with E-state index in [1.165, 1.54) is 25.5 Å². The van der Waals surface area contributed by atoms with Crippen LogP contribution in [0.15, 0.2) is 47.6 Å². The first-order valence-electron chi connectivity index (χ1n) is 11.1. The number of hydrogen-bond donors (Lipinski definition) is 0. The van der Waals surface area contributed by atoms with Gasteiger partial charge in [0.25, 0.3) is 0 Å². The van der Waals surface area contributed by atoms with Crippen LogP contribution in [0, 0.1) is 13.8 Å². The molecule has 0 atom stereocenters. The van der Waals surface area contributed by atoms with Crippen molar-refractivity contribution in [3.8, 4) is 17.2 Å². The molecule has 0 fully saturated rings. The van der Waals surface area contributed by atoms with Gasteiger partial charge in [-0.05, 0) is 87.1 Å². The van der Waals surface area contributed by atoms with Crippen LogP contribution in [-0.2, 0) is 11.0 Å². The molecule has 0 saturated carbocycles. The topological polar surface area (TPSA) is 49.3 Å². The number of ether oxygens (including phenoxy) is 3. The highest BCUT2D eigenvalue weighted by atomic mass is 19.4. The molecule has 2 rings (SSSR count). The smallest absolute Gasteiger partial charge is 0.419 e. The molecule has 186 valence electrons. The number of halogens is 3. The number of nitrogens with zero attached hydrogens (tertiary/aromatic N) is 1. The predicted octanol–water partition coefficient (Wildman–Crippen LogP) is 6.89. The van der Waals surface area contributed by atoms with Crippen LogP contribution in [-0.4, -0.2) is 33.1 Å². The van der Waals surface area contributed by atoms with Crippen LogP contribution >= 0.6 is 0 Å². The van der Waals surface area contributed by atoms with E-state index in [2.05, 4.69) is 9.99 Å². The van der Waals surface area contributed by atoms with E-state index in [-0.39, 0.29) is 17.9 Å². The van der Waals surface area contributed by atoms with Crippen molar-refractivity contribution >= 4 is 6.21 Å². The number of hydrogen-bond acceptors (Lipinski definition) is 5. The van der Waals surface area contributed by atoms with Gasteiger partial charge < -0.3 is 19.0 Å². The maximum atomic E-state index is 13.4. The van der Waals surface area contributed by atoms with Gasteiger partial charge in [0.1, 0.15) is 31.0 Å². The Morgan fingerprint density at radius 3 is 2.21 bits per heavy atom. The fourth-order valence-electron chi connectivity index (χ4n) is 3.29. The molecule has 0 aromatic heterocycles. The van der Waals surface area contributed by atoms with Crippen molar-refractivity contribution in [3.05, 3.63) is 64.7 Å². The van der Waals surface area contributed by atoms with Gasteiger partial charge in [-0.2, -0.15) is 13.2 Å². The number of allylic oxidation sites excluding steroid dienone is 1. The van der Waals surface area contributed by atoms with Gasteiger partial charge in [0.05, 0.1) is 25.0 Å². The molecule has 0 unspecified atom stereocenters. The van der Waals surface area contributed by atoms with Gasteiger partial charge in [-0.1, -0.05) is 17.3 Å². The van der Waals surface area contributed by atoms with Crippen LogP contribution in [0.3, 0.4) is 0 Å². The summed E-state index contributed by atoms with van der Waals surface area (Å²) >= 11 is 0. The van der Waals surface area contributed by atoms with Gasteiger partial charge in [0, 0.05) is 0 Å². The molecule has 0 radical (unpaired) electrons. The summed E-state index contributed by atoms with van der Waals surface area (Å²) in [6.07, 6.45) is 2.71. The number of aryl methyl sites for hydroxylation is 2. The zero-order valence-electron chi connectivity index (χ0n) is 20.1. The lowest BCUT2D eigenvalue weighted by molar-refractivity contribution is -0.139. The van der Waals surface area contributed by atoms with Crippen molar-refractivity contribution in [2.75, 3.05) is 26.9 Å². The predicted molar refractivity (Wildman–Crippen MR) is 127 cm³/mol. The van der Waals surface area contributed by atoms with E-state index >= 15 is 0 Å². The van der Waals surface area contributed by atoms with Crippen LogP contribution in [0.2, 0.25) is 0 Å². The highest BCUT2D eigenvalue weighted by Gasteiger charge is 2.34. The Morgan fingerprint density at radius 1 is 0.912 bits per heavy atom. The third kappa shape index (κ3) is 8.65. The third-order valence-electron chi connectivity index (χ3n) is 4.92. The van der Waals surface area contributed by atoms with Crippen LogP contribution < -0.4 is 14.2 Å². The second kappa shape index (κ2) is 13.5. The summed E-state index contributed by atoms with van der Waals surface area (Å²) in [5.41, 5.74) is 1.44. The lowest BCUT2D eigenvalue weighted by atomic mass is 10.1. The average molecular weight is 480 g/mol. The van der Waals surface area contributed by atoms with E-state index < -0.39 is 11.7 Å². The van der Waals surface area contributed by atoms with Gasteiger partial charge >= 0.3 is 6.18 Å². The standard InChI is InChI=1S/C26H32F3NO4/c1-5-6-12-32-22-15-19(2)25(20(3)16-22)34-14-9-7-8-13-33-24-11-10-21(18-30-31-4)17-23(24)26(27,28)29/h5-6,10-11,15-18H,7-9,12-14H2,1-4H3/b6-5+,30-18+. The molecule has 0 aliphatic rings. The molecular weight excluding hydrogens is 447 g/mol. The maximum absolute atomic E-state index is 13.4. The molecule has 0 aliphatic heterocycles. The molecule has 0 amide bonds. The minimum atomic E-state index is -4.52. The average Bonchev–Trinajstić information content (AvgIpc) is 2.78. The molecular formula is C26H32F3NO4. The molecule has 5 nitrogen and oxygen atoms in total. The van der Waals surface area contributed by atoms with Crippen molar-refractivity contribution in [1.82, 2.24) is 0 Å². The molecule has 34 heavy (non-hydrogen) atoms. The fraction of sp³-hybridized carbons (Fsp3) is 0.423. The molecule has 0 aliphatic carbocycles. The van der Waals surface area contributed by atoms with Gasteiger partial charge in [-0.25, -0.2) is 0 Å². The third-order valence-corrected chi connectivity index (χ3v) is 4.92. The molecule has 0 saturated heterocycles. The van der Waals surface area contributed by atoms with E-state index in [9.17, 15) is 13.2 Å². The minimum absolute atomic E-state index is 0.185. The van der Waals surface area contributed by atoms with E-state index in [1.54, 1.807) is 0 Å². The Balaban J connectivity index is 1.79. The van der Waals surface area contributed by atoms with Gasteiger partial charge in [0.2, 0.25) is 0 Å². The first-order valence-corrected chi connectivity index (χ1v) is 11.1. The summed E-state index contributed by atoms with van der Waals surface area (Å²) in [4.78, 5) is 4.52. The van der Waals surface area contributed by atoms with Gasteiger partial charge in [-0.15, -0.1) is 0 Å². The summed E-state index contributed by atoms with van der Waals surface area (Å²) in [5.74, 6) is 1.44. The second-order valence-electron chi connectivity index (χ2n) is 7.69. The first kappa shape index (κ1) is 27.1. The second-order valence-corrected chi connectivity index (χ2v) is 7.69. The van der Waals surface area contributed by atoms with E-state index in [4.69, 9.17) is 14.2 Å². The molecule has 2 aromatic rings. The van der Waals surface area contributed by atoms with Crippen molar-refractivity contribution < 1.29 is 32.2 Å². The summed E-state index contributed by atoms with van der Waals surface area (Å²) < 4.78 is 57.2. The Bertz CT molecular complexity index is 948. The summed E-state index contributed by atoms with van der Waals surface area (Å²) in [7, 11) is 1.32. The van der Waals surface area contributed by atoms with Crippen LogP contribution in [0.5, 0.6) is 17.2 Å². The lowest BCUT2D eigenvalue weighted by Crippen LogP contribution is -2.10. The SMILES string of the molecule is C/C=C/COc1cc(C)c(OCCCCCOc2ccc(/C=N/OC)cc2C(F)(F)F)c(C)c1. The van der Waals surface area contributed by atoms with Crippen LogP contribution in [0.1, 0.15) is 48.4 Å². The molecule has 0 N–H and O–H groups in total. The van der Waals surface area contributed by atoms with Gasteiger partial charge in [0.15, 0.2) is 0 Å². The first-order chi connectivity index (χ1) is 16.3. The Labute approximate surface area is 199 Å². The molecule has 8 heteroatoms. The number of unbranched alkanes of at least 4 members (excludes halogenated alkanes) is 2. The largest absolute Gasteiger partial charge is 0.493 e. The van der Waals surface area contributed by atoms with E-state index in [0.717, 1.165) is 41.5 Å². The minimum Gasteiger partial charge on any atom is -0.493 e. The van der Waals surface area contributed by atoms with Crippen molar-refractivity contribution in [2.24, 2.45) is 5.16 Å². The fourth-order valence-corrected chi connectivity index (χ4v) is 3.29. The molecule has 2 aromatic carbocycles. The van der Waals surface area contributed by atoms with Crippen LogP contribution in [0.25, 0.3) is 0 Å². The van der Waals surface area contributed by atoms with E-state index in [1.807, 2.05) is 45.1 Å². The number of alkyl halides is 3. The monoisotopic (exact) mass is 479 g/mol. The lowest BCUT2D eigenvalue weighted by Gasteiger charge is -2.15. The van der Waals surface area contributed by atoms with E-state index in [0.29, 0.717) is 19.6 Å². The highest BCUT2D eigenvalue weighted by molar-refractivity contribution is 5.80. The maximum Gasteiger partial charge on any atom is 0.419 e. The van der Waals surface area contributed by atoms with Crippen LogP contribution in [0.4, 0.5) is 13.2 Å². The Hall–Kier alpha value is -3.16. The number of rotatable bonds is 13. The summed E-state index contributed by atoms with van der Waals surface area (Å²) in [6.45, 7) is 7.12. The molecule has 0 spiro atoms. The summed E-state index contributed by atoms with van der Waals surface area (Å²) in [6, 6.07) is 7.70. The summed E-state index contributed by atoms with van der Waals surface area (Å²) in [5, 5.41) is 3.50. The highest BCUT2D eigenvalue weighted by Crippen LogP contribution is 2.37. The Morgan fingerprint density at radius 2 is 1.59 bits per heavy atom. The Kier molecular flexibility index (Phi) is 10.8. The van der Waals surface area contributed by atoms with Gasteiger partial charge in [-0.3, -0.25) is 0 Å². The molecule has 0 heterocycles. The number of benzene rings is 2. The van der Waals surface area contributed by atoms with Crippen molar-refractivity contribution in [2.45, 2.75) is 46.2 Å². The quantitative estimate of drug-likeness (QED) is 0.136. The van der Waals surface area contributed by atoms with Crippen molar-refractivity contribution in [1.29, 1.82) is 0 Å². The van der Waals surface area contributed by atoms with Crippen molar-refractivity contribution in [3.63, 3.8) is 0 Å². The number of oxime groups is 1. The zero-order chi connectivity index (χ0) is 25.0. The zero-order valence-corrected chi connectivity index (χ0v) is 20.1. The molecule has 0 bridgehead atoms.